The summed E-state index contributed by atoms with van der Waals surface area (Å²) < 4.78 is 31.6. The molecule has 0 bridgehead atoms. The summed E-state index contributed by atoms with van der Waals surface area (Å²) in [6.07, 6.45) is 20.2. The number of carboxylic acids is 1. The minimum absolute atomic E-state index is 0. The van der Waals surface area contributed by atoms with Crippen molar-refractivity contribution in [2.24, 2.45) is 0 Å². The van der Waals surface area contributed by atoms with Gasteiger partial charge in [0, 0.05) is 0 Å². The van der Waals surface area contributed by atoms with Gasteiger partial charge >= 0.3 is 37.4 Å². The van der Waals surface area contributed by atoms with Gasteiger partial charge < -0.3 is 18.9 Å². The largest absolute Gasteiger partial charge is 1.00 e. The van der Waals surface area contributed by atoms with Crippen LogP contribution in [0.15, 0.2) is 72.8 Å². The van der Waals surface area contributed by atoms with Crippen molar-refractivity contribution in [3.05, 3.63) is 95.1 Å². The number of rotatable bonds is 25. The number of carboxylic acid groups (broad SMARTS) is 1. The summed E-state index contributed by atoms with van der Waals surface area (Å²) in [5, 5.41) is 11.1. The minimum atomic E-state index is -4.04. The number of phosphoric acid groups is 1. The van der Waals surface area contributed by atoms with Crippen molar-refractivity contribution in [1.29, 1.82) is 0 Å². The van der Waals surface area contributed by atoms with Crippen molar-refractivity contribution in [2.45, 2.75) is 123 Å². The van der Waals surface area contributed by atoms with Crippen molar-refractivity contribution < 1.29 is 57.6 Å². The molecule has 6 nitrogen and oxygen atoms in total. The molecule has 8 heteroatoms. The number of unbranched alkanes of at least 4 members (excludes halogenated alkanes) is 12. The average Bonchev–Trinajstić information content (AvgIpc) is 3.05. The van der Waals surface area contributed by atoms with Gasteiger partial charge in [-0.15, -0.1) is 0 Å². The monoisotopic (exact) mass is 672 g/mol. The van der Waals surface area contributed by atoms with Crippen LogP contribution in [0, 0.1) is 0 Å². The van der Waals surface area contributed by atoms with Gasteiger partial charge in [-0.25, -0.2) is 4.57 Å². The standard InChI is InChI=1S/C39H55O6P.Na/c1-3-5-7-9-11-13-15-17-33-21-27-37(28-22-33)44-46(42,43-32-31-35-19-25-36(26-20-35)39(40)41)45-38-29-23-34(24-30-38)18-16-14-12-10-8-6-4-2;/h19-30H,3-18,31-32H2,1-2H3,(H,40,41);/q;+1/p-1. The molecule has 0 amide bonds. The number of hydrogen-bond acceptors (Lipinski definition) is 6. The smallest absolute Gasteiger partial charge is 0.545 e. The van der Waals surface area contributed by atoms with Crippen LogP contribution in [0.4, 0.5) is 0 Å². The van der Waals surface area contributed by atoms with E-state index in [2.05, 4.69) is 13.8 Å². The van der Waals surface area contributed by atoms with E-state index in [-0.39, 0.29) is 41.7 Å². The van der Waals surface area contributed by atoms with E-state index < -0.39 is 13.8 Å². The van der Waals surface area contributed by atoms with Gasteiger partial charge in [-0.2, -0.15) is 0 Å². The summed E-state index contributed by atoms with van der Waals surface area (Å²) in [4.78, 5) is 11.1. The molecular formula is C39H54NaO6P. The molecule has 0 heterocycles. The van der Waals surface area contributed by atoms with E-state index in [0.29, 0.717) is 17.9 Å². The van der Waals surface area contributed by atoms with Gasteiger partial charge in [-0.05, 0) is 78.6 Å². The summed E-state index contributed by atoms with van der Waals surface area (Å²) in [7, 11) is -4.04. The summed E-state index contributed by atoms with van der Waals surface area (Å²) >= 11 is 0. The van der Waals surface area contributed by atoms with Crippen molar-refractivity contribution >= 4 is 13.8 Å². The van der Waals surface area contributed by atoms with Crippen LogP contribution in [0.25, 0.3) is 0 Å². The first kappa shape index (κ1) is 41.1. The topological polar surface area (TPSA) is 84.9 Å². The molecule has 0 unspecified atom stereocenters. The zero-order valence-electron chi connectivity index (χ0n) is 29.1. The van der Waals surface area contributed by atoms with E-state index in [9.17, 15) is 14.5 Å². The maximum atomic E-state index is 13.9. The van der Waals surface area contributed by atoms with Crippen LogP contribution < -0.4 is 43.7 Å². The Morgan fingerprint density at radius 2 is 0.915 bits per heavy atom. The zero-order chi connectivity index (χ0) is 32.9. The zero-order valence-corrected chi connectivity index (χ0v) is 31.9. The maximum absolute atomic E-state index is 13.9. The third kappa shape index (κ3) is 17.2. The van der Waals surface area contributed by atoms with Gasteiger partial charge in [0.15, 0.2) is 0 Å². The number of hydrogen-bond donors (Lipinski definition) is 0. The van der Waals surface area contributed by atoms with Crippen molar-refractivity contribution in [2.75, 3.05) is 6.61 Å². The van der Waals surface area contributed by atoms with E-state index in [1.807, 2.05) is 48.5 Å². The Hall–Kier alpha value is -2.08. The van der Waals surface area contributed by atoms with E-state index in [0.717, 1.165) is 31.2 Å². The Morgan fingerprint density at radius 1 is 0.553 bits per heavy atom. The normalized spacial score (nSPS) is 11.2. The molecule has 3 rings (SSSR count). The molecule has 0 fully saturated rings. The molecule has 3 aromatic carbocycles. The van der Waals surface area contributed by atoms with Crippen molar-refractivity contribution in [3.63, 3.8) is 0 Å². The Kier molecular flexibility index (Phi) is 21.1. The second-order valence-electron chi connectivity index (χ2n) is 12.2. The molecule has 0 atom stereocenters. The molecule has 0 aliphatic carbocycles. The number of phosphoric ester groups is 1. The number of aromatic carboxylic acids is 1. The second kappa shape index (κ2) is 24.1. The predicted molar refractivity (Wildman–Crippen MR) is 186 cm³/mol. The fourth-order valence-electron chi connectivity index (χ4n) is 5.42. The van der Waals surface area contributed by atoms with E-state index in [1.165, 1.54) is 100 Å². The van der Waals surface area contributed by atoms with Crippen LogP contribution in [-0.4, -0.2) is 12.6 Å². The quantitative estimate of drug-likeness (QED) is 0.0528. The van der Waals surface area contributed by atoms with Crippen LogP contribution in [0.3, 0.4) is 0 Å². The van der Waals surface area contributed by atoms with Crippen LogP contribution in [-0.2, 0) is 28.4 Å². The van der Waals surface area contributed by atoms with Crippen LogP contribution in [0.1, 0.15) is 131 Å². The van der Waals surface area contributed by atoms with Gasteiger partial charge in [0.2, 0.25) is 0 Å². The SMILES string of the molecule is CCCCCCCCCc1ccc(OP(=O)(OCCc2ccc(C(=O)[O-])cc2)Oc2ccc(CCCCCCCCC)cc2)cc1.[Na+]. The molecular weight excluding hydrogens is 618 g/mol. The van der Waals surface area contributed by atoms with Gasteiger partial charge in [-0.3, -0.25) is 4.52 Å². The Balaban J connectivity index is 0.00000768. The predicted octanol–water partition coefficient (Wildman–Crippen LogP) is 7.47. The number of carbonyl (C=O) groups is 1. The molecule has 47 heavy (non-hydrogen) atoms. The first-order valence-electron chi connectivity index (χ1n) is 17.5. The fraction of sp³-hybridized carbons (Fsp3) is 0.513. The van der Waals surface area contributed by atoms with Crippen LogP contribution >= 0.6 is 7.82 Å². The molecule has 3 aromatic rings. The molecule has 252 valence electrons. The first-order chi connectivity index (χ1) is 22.4. The third-order valence-corrected chi connectivity index (χ3v) is 9.62. The molecule has 0 N–H and O–H groups in total. The number of benzene rings is 3. The third-order valence-electron chi connectivity index (χ3n) is 8.25. The van der Waals surface area contributed by atoms with Crippen LogP contribution in [0.2, 0.25) is 0 Å². The number of carbonyl (C=O) groups excluding carboxylic acids is 1. The fourth-order valence-corrected chi connectivity index (χ4v) is 6.64. The summed E-state index contributed by atoms with van der Waals surface area (Å²) in [5.41, 5.74) is 3.37. The van der Waals surface area contributed by atoms with Gasteiger partial charge in [-0.1, -0.05) is 139 Å². The Bertz CT molecular complexity index is 1230. The van der Waals surface area contributed by atoms with Crippen molar-refractivity contribution in [3.8, 4) is 11.5 Å². The molecule has 0 aliphatic rings. The van der Waals surface area contributed by atoms with Crippen LogP contribution in [0.5, 0.6) is 11.5 Å². The first-order valence-corrected chi connectivity index (χ1v) is 19.0. The Labute approximate surface area is 305 Å². The summed E-state index contributed by atoms with van der Waals surface area (Å²) in [5.74, 6) is -0.392. The van der Waals surface area contributed by atoms with Gasteiger partial charge in [0.1, 0.15) is 11.5 Å². The molecule has 0 spiro atoms. The van der Waals surface area contributed by atoms with Crippen molar-refractivity contribution in [1.82, 2.24) is 0 Å². The maximum Gasteiger partial charge on any atom is 1.00 e. The molecule has 0 aromatic heterocycles. The molecule has 0 saturated carbocycles. The van der Waals surface area contributed by atoms with E-state index in [4.69, 9.17) is 13.6 Å². The molecule has 0 saturated heterocycles. The minimum Gasteiger partial charge on any atom is -0.545 e. The average molecular weight is 673 g/mol. The van der Waals surface area contributed by atoms with Gasteiger partial charge in [0.25, 0.3) is 0 Å². The number of aryl methyl sites for hydroxylation is 2. The Morgan fingerprint density at radius 3 is 1.32 bits per heavy atom. The van der Waals surface area contributed by atoms with Gasteiger partial charge in [0.05, 0.1) is 12.6 Å². The van der Waals surface area contributed by atoms with E-state index >= 15 is 0 Å². The van der Waals surface area contributed by atoms with E-state index in [1.54, 1.807) is 12.1 Å². The molecule has 0 aliphatic heterocycles. The summed E-state index contributed by atoms with van der Waals surface area (Å²) in [6.45, 7) is 4.54. The second-order valence-corrected chi connectivity index (χ2v) is 13.7. The summed E-state index contributed by atoms with van der Waals surface area (Å²) in [6, 6.07) is 21.7. The molecule has 0 radical (unpaired) electrons.